The molecule has 0 saturated heterocycles. The van der Waals surface area contributed by atoms with E-state index in [1.807, 2.05) is 96.8 Å². The summed E-state index contributed by atoms with van der Waals surface area (Å²) in [5, 5.41) is 5.31. The molecule has 5 aromatic rings. The summed E-state index contributed by atoms with van der Waals surface area (Å²) in [7, 11) is 0. The van der Waals surface area contributed by atoms with E-state index in [0.29, 0.717) is 28.8 Å². The molecule has 6 nitrogen and oxygen atoms in total. The lowest BCUT2D eigenvalue weighted by atomic mass is 10.1. The van der Waals surface area contributed by atoms with Crippen molar-refractivity contribution in [2.45, 2.75) is 46.4 Å². The third-order valence-electron chi connectivity index (χ3n) is 6.61. The van der Waals surface area contributed by atoms with E-state index in [0.717, 1.165) is 22.3 Å². The molecule has 0 unspecified atom stereocenters. The first kappa shape index (κ1) is 29.9. The zero-order valence-electron chi connectivity index (χ0n) is 24.6. The van der Waals surface area contributed by atoms with Crippen LogP contribution in [0.25, 0.3) is 11.3 Å². The van der Waals surface area contributed by atoms with Crippen LogP contribution in [0.15, 0.2) is 103 Å². The zero-order chi connectivity index (χ0) is 30.6. The predicted molar refractivity (Wildman–Crippen MR) is 169 cm³/mol. The minimum atomic E-state index is -0.728. The first-order valence-corrected chi connectivity index (χ1v) is 14.3. The number of ether oxygens (including phenoxy) is 2. The molecule has 1 heterocycles. The van der Waals surface area contributed by atoms with Crippen molar-refractivity contribution in [3.05, 3.63) is 131 Å². The van der Waals surface area contributed by atoms with Gasteiger partial charge in [0.1, 0.15) is 12.2 Å². The second kappa shape index (κ2) is 12.7. The van der Waals surface area contributed by atoms with Gasteiger partial charge in [0.2, 0.25) is 0 Å². The fraction of sp³-hybridized carbons (Fsp3) is 0.200. The summed E-state index contributed by atoms with van der Waals surface area (Å²) in [6.07, 6.45) is -0.614. The van der Waals surface area contributed by atoms with Gasteiger partial charge in [-0.1, -0.05) is 84.4 Å². The monoisotopic (exact) mass is 597 g/mol. The van der Waals surface area contributed by atoms with E-state index < -0.39 is 17.5 Å². The molecule has 0 radical (unpaired) electrons. The van der Waals surface area contributed by atoms with Crippen molar-refractivity contribution < 1.29 is 18.7 Å². The minimum absolute atomic E-state index is 0.0937. The van der Waals surface area contributed by atoms with E-state index >= 15 is 0 Å². The standard InChI is InChI=1S/C35H33ClFN3O3/c1-24-15-16-27(29(36)19-24)22-39(28-17-18-30(37)32(20-28)42-23-25-11-7-5-8-12-25)33-21-31(26-13-9-6-10-14-26)40(38-33)34(41)43-35(2,3)4/h5-21H,22-23H2,1-4H3. The Bertz CT molecular complexity index is 1720. The number of anilines is 2. The molecular weight excluding hydrogens is 565 g/mol. The Morgan fingerprint density at radius 2 is 1.63 bits per heavy atom. The van der Waals surface area contributed by atoms with Gasteiger partial charge in [0.15, 0.2) is 17.4 Å². The highest BCUT2D eigenvalue weighted by Crippen LogP contribution is 2.35. The number of hydrogen-bond donors (Lipinski definition) is 0. The first-order chi connectivity index (χ1) is 20.6. The molecule has 0 saturated carbocycles. The van der Waals surface area contributed by atoms with Crippen molar-refractivity contribution in [3.8, 4) is 17.0 Å². The van der Waals surface area contributed by atoms with Crippen LogP contribution in [0.5, 0.6) is 5.75 Å². The Morgan fingerprint density at radius 1 is 0.930 bits per heavy atom. The van der Waals surface area contributed by atoms with Gasteiger partial charge in [-0.3, -0.25) is 0 Å². The number of nitrogens with zero attached hydrogens (tertiary/aromatic N) is 3. The predicted octanol–water partition coefficient (Wildman–Crippen LogP) is 9.35. The van der Waals surface area contributed by atoms with Gasteiger partial charge in [0, 0.05) is 28.4 Å². The quantitative estimate of drug-likeness (QED) is 0.178. The molecule has 220 valence electrons. The van der Waals surface area contributed by atoms with E-state index in [-0.39, 0.29) is 12.4 Å². The van der Waals surface area contributed by atoms with Crippen LogP contribution in [0.3, 0.4) is 0 Å². The minimum Gasteiger partial charge on any atom is -0.486 e. The van der Waals surface area contributed by atoms with Gasteiger partial charge >= 0.3 is 6.09 Å². The number of benzene rings is 4. The van der Waals surface area contributed by atoms with Crippen LogP contribution in [0.2, 0.25) is 5.02 Å². The second-order valence-corrected chi connectivity index (χ2v) is 11.6. The van der Waals surface area contributed by atoms with Crippen LogP contribution in [0, 0.1) is 12.7 Å². The van der Waals surface area contributed by atoms with E-state index in [1.54, 1.807) is 32.9 Å². The number of rotatable bonds is 8. The smallest absolute Gasteiger partial charge is 0.435 e. The van der Waals surface area contributed by atoms with Crippen molar-refractivity contribution in [1.29, 1.82) is 0 Å². The maximum Gasteiger partial charge on any atom is 0.435 e. The Balaban J connectivity index is 1.60. The van der Waals surface area contributed by atoms with Crippen LogP contribution in [-0.2, 0) is 17.9 Å². The lowest BCUT2D eigenvalue weighted by molar-refractivity contribution is 0.0518. The molecule has 0 aliphatic heterocycles. The third-order valence-corrected chi connectivity index (χ3v) is 6.96. The van der Waals surface area contributed by atoms with Crippen LogP contribution in [-0.4, -0.2) is 21.5 Å². The number of aromatic nitrogens is 2. The maximum atomic E-state index is 15.0. The highest BCUT2D eigenvalue weighted by Gasteiger charge is 2.25. The van der Waals surface area contributed by atoms with Crippen LogP contribution in [0.4, 0.5) is 20.7 Å². The highest BCUT2D eigenvalue weighted by molar-refractivity contribution is 6.31. The summed E-state index contributed by atoms with van der Waals surface area (Å²) in [5.74, 6) is 0.0513. The Kier molecular flexibility index (Phi) is 8.83. The summed E-state index contributed by atoms with van der Waals surface area (Å²) in [6.45, 7) is 7.88. The third kappa shape index (κ3) is 7.43. The molecule has 0 amide bonds. The topological polar surface area (TPSA) is 56.6 Å². The summed E-state index contributed by atoms with van der Waals surface area (Å²) in [6, 6.07) is 31.3. The summed E-state index contributed by atoms with van der Waals surface area (Å²) >= 11 is 6.67. The molecule has 1 aromatic heterocycles. The second-order valence-electron chi connectivity index (χ2n) is 11.2. The fourth-order valence-electron chi connectivity index (χ4n) is 4.52. The molecular formula is C35H33ClFN3O3. The van der Waals surface area contributed by atoms with Gasteiger partial charge in [0.05, 0.1) is 12.2 Å². The zero-order valence-corrected chi connectivity index (χ0v) is 25.3. The lowest BCUT2D eigenvalue weighted by Crippen LogP contribution is -2.28. The van der Waals surface area contributed by atoms with E-state index in [2.05, 4.69) is 0 Å². The maximum absolute atomic E-state index is 15.0. The van der Waals surface area contributed by atoms with Gasteiger partial charge in [-0.25, -0.2) is 9.18 Å². The van der Waals surface area contributed by atoms with Crippen LogP contribution < -0.4 is 9.64 Å². The van der Waals surface area contributed by atoms with E-state index in [4.69, 9.17) is 26.2 Å². The number of aryl methyl sites for hydroxylation is 1. The normalized spacial score (nSPS) is 11.3. The molecule has 5 rings (SSSR count). The largest absolute Gasteiger partial charge is 0.486 e. The molecule has 0 bridgehead atoms. The fourth-order valence-corrected chi connectivity index (χ4v) is 4.82. The SMILES string of the molecule is Cc1ccc(CN(c2ccc(F)c(OCc3ccccc3)c2)c2cc(-c3ccccc3)n(C(=O)OC(C)(C)C)n2)c(Cl)c1. The van der Waals surface area contributed by atoms with E-state index in [9.17, 15) is 9.18 Å². The molecule has 4 aromatic carbocycles. The molecule has 8 heteroatoms. The molecule has 0 N–H and O–H groups in total. The van der Waals surface area contributed by atoms with Gasteiger partial charge in [0.25, 0.3) is 0 Å². The lowest BCUT2D eigenvalue weighted by Gasteiger charge is -2.24. The summed E-state index contributed by atoms with van der Waals surface area (Å²) in [5.41, 5.74) is 3.98. The van der Waals surface area contributed by atoms with Crippen molar-refractivity contribution >= 4 is 29.2 Å². The van der Waals surface area contributed by atoms with Crippen LogP contribution in [0.1, 0.15) is 37.5 Å². The number of hydrogen-bond acceptors (Lipinski definition) is 5. The highest BCUT2D eigenvalue weighted by atomic mass is 35.5. The Labute approximate surface area is 256 Å². The van der Waals surface area contributed by atoms with Crippen molar-refractivity contribution in [3.63, 3.8) is 0 Å². The number of halogens is 2. The van der Waals surface area contributed by atoms with Gasteiger partial charge in [-0.05, 0) is 62.6 Å². The molecule has 0 aliphatic carbocycles. The van der Waals surface area contributed by atoms with E-state index in [1.165, 1.54) is 10.7 Å². The van der Waals surface area contributed by atoms with Crippen molar-refractivity contribution in [2.75, 3.05) is 4.90 Å². The number of carbonyl (C=O) groups excluding carboxylic acids is 1. The molecule has 0 aliphatic rings. The van der Waals surface area contributed by atoms with Gasteiger partial charge in [-0.15, -0.1) is 5.10 Å². The van der Waals surface area contributed by atoms with Crippen molar-refractivity contribution in [1.82, 2.24) is 9.78 Å². The average Bonchev–Trinajstić information content (AvgIpc) is 3.42. The molecule has 43 heavy (non-hydrogen) atoms. The van der Waals surface area contributed by atoms with Crippen molar-refractivity contribution in [2.24, 2.45) is 0 Å². The summed E-state index contributed by atoms with van der Waals surface area (Å²) < 4.78 is 27.8. The molecule has 0 atom stereocenters. The Morgan fingerprint density at radius 3 is 2.30 bits per heavy atom. The van der Waals surface area contributed by atoms with Crippen LogP contribution >= 0.6 is 11.6 Å². The Hall–Kier alpha value is -4.62. The van der Waals surface area contributed by atoms with Gasteiger partial charge in [-0.2, -0.15) is 4.68 Å². The average molecular weight is 598 g/mol. The molecule has 0 spiro atoms. The number of carbonyl (C=O) groups is 1. The summed E-state index contributed by atoms with van der Waals surface area (Å²) in [4.78, 5) is 15.2. The first-order valence-electron chi connectivity index (χ1n) is 13.9. The molecule has 0 fully saturated rings. The van der Waals surface area contributed by atoms with Gasteiger partial charge < -0.3 is 14.4 Å².